The Hall–Kier alpha value is -2.85. The summed E-state index contributed by atoms with van der Waals surface area (Å²) in [5.74, 6) is 0.486. The van der Waals surface area contributed by atoms with Crippen molar-refractivity contribution in [1.29, 1.82) is 0 Å². The number of benzene rings is 1. The number of aryl methyl sites for hydroxylation is 2. The third kappa shape index (κ3) is 5.19. The van der Waals surface area contributed by atoms with Crippen LogP contribution in [-0.2, 0) is 27.8 Å². The van der Waals surface area contributed by atoms with E-state index in [4.69, 9.17) is 0 Å². The highest BCUT2D eigenvalue weighted by atomic mass is 32.2. The second-order valence-corrected chi connectivity index (χ2v) is 9.85. The molecule has 0 unspecified atom stereocenters. The summed E-state index contributed by atoms with van der Waals surface area (Å²) in [4.78, 5) is 21.2. The Labute approximate surface area is 176 Å². The number of nitrogens with zero attached hydrogens (tertiary/aromatic N) is 4. The molecule has 160 valence electrons. The van der Waals surface area contributed by atoms with Crippen molar-refractivity contribution >= 4 is 21.7 Å². The minimum absolute atomic E-state index is 0.0307. The van der Waals surface area contributed by atoms with Gasteiger partial charge in [-0.05, 0) is 52.3 Å². The first kappa shape index (κ1) is 21.8. The fraction of sp³-hybridized carbons (Fsp3) is 0.400. The van der Waals surface area contributed by atoms with Crippen molar-refractivity contribution in [2.75, 3.05) is 0 Å². The van der Waals surface area contributed by atoms with Gasteiger partial charge in [-0.1, -0.05) is 18.2 Å². The molecule has 0 aliphatic rings. The second-order valence-electron chi connectivity index (χ2n) is 8.20. The number of rotatable bonds is 6. The van der Waals surface area contributed by atoms with E-state index in [1.165, 1.54) is 6.07 Å². The van der Waals surface area contributed by atoms with Gasteiger partial charge < -0.3 is 5.32 Å². The summed E-state index contributed by atoms with van der Waals surface area (Å²) in [6.07, 6.45) is -0.0307. The number of hydrogen-bond donors (Lipinski definition) is 2. The van der Waals surface area contributed by atoms with Crippen molar-refractivity contribution in [2.24, 2.45) is 0 Å². The van der Waals surface area contributed by atoms with Crippen LogP contribution in [0.15, 0.2) is 35.2 Å². The Kier molecular flexibility index (Phi) is 5.91. The van der Waals surface area contributed by atoms with Gasteiger partial charge in [0.05, 0.1) is 11.3 Å². The van der Waals surface area contributed by atoms with E-state index in [-0.39, 0.29) is 23.8 Å². The molecule has 0 bridgehead atoms. The minimum Gasteiger partial charge on any atom is -0.352 e. The number of fused-ring (bicyclic) bond motifs is 1. The van der Waals surface area contributed by atoms with Crippen LogP contribution in [0.5, 0.6) is 0 Å². The molecule has 2 aromatic heterocycles. The van der Waals surface area contributed by atoms with E-state index < -0.39 is 15.6 Å². The highest BCUT2D eigenvalue weighted by molar-refractivity contribution is 7.89. The summed E-state index contributed by atoms with van der Waals surface area (Å²) >= 11 is 0. The monoisotopic (exact) mass is 430 g/mol. The Morgan fingerprint density at radius 3 is 2.53 bits per heavy atom. The molecule has 30 heavy (non-hydrogen) atoms. The molecule has 0 saturated heterocycles. The molecule has 0 radical (unpaired) electrons. The lowest BCUT2D eigenvalue weighted by Gasteiger charge is -2.21. The van der Waals surface area contributed by atoms with Gasteiger partial charge in [0.1, 0.15) is 0 Å². The molecule has 3 aromatic rings. The molecule has 0 fully saturated rings. The minimum atomic E-state index is -3.72. The summed E-state index contributed by atoms with van der Waals surface area (Å²) in [6.45, 7) is 9.15. The summed E-state index contributed by atoms with van der Waals surface area (Å²) < 4.78 is 29.6. The van der Waals surface area contributed by atoms with Crippen molar-refractivity contribution < 1.29 is 13.2 Å². The van der Waals surface area contributed by atoms with E-state index in [0.29, 0.717) is 17.2 Å². The number of sulfonamides is 1. The third-order valence-corrected chi connectivity index (χ3v) is 6.02. The lowest BCUT2D eigenvalue weighted by molar-refractivity contribution is -0.120. The van der Waals surface area contributed by atoms with Crippen LogP contribution in [0.2, 0.25) is 0 Å². The number of nitrogens with one attached hydrogen (secondary N) is 2. The van der Waals surface area contributed by atoms with Gasteiger partial charge in [0, 0.05) is 23.5 Å². The van der Waals surface area contributed by atoms with Crippen LogP contribution in [0, 0.1) is 13.8 Å². The van der Waals surface area contributed by atoms with E-state index in [2.05, 4.69) is 25.1 Å². The fourth-order valence-electron chi connectivity index (χ4n) is 3.05. The van der Waals surface area contributed by atoms with Gasteiger partial charge in [0.25, 0.3) is 5.78 Å². The van der Waals surface area contributed by atoms with Crippen LogP contribution < -0.4 is 10.0 Å². The number of hydrogen-bond acceptors (Lipinski definition) is 6. The Bertz CT molecular complexity index is 1190. The van der Waals surface area contributed by atoms with Gasteiger partial charge in [0.15, 0.2) is 5.82 Å². The molecule has 0 saturated carbocycles. The molecule has 1 aromatic carbocycles. The van der Waals surface area contributed by atoms with E-state index in [1.807, 2.05) is 19.9 Å². The summed E-state index contributed by atoms with van der Waals surface area (Å²) in [6, 6.07) is 8.47. The van der Waals surface area contributed by atoms with Crippen LogP contribution in [0.25, 0.3) is 5.78 Å². The molecule has 9 nitrogen and oxygen atoms in total. The maximum Gasteiger partial charge on any atom is 0.252 e. The second kappa shape index (κ2) is 8.11. The highest BCUT2D eigenvalue weighted by Gasteiger charge is 2.24. The average Bonchev–Trinajstić information content (AvgIpc) is 3.00. The van der Waals surface area contributed by atoms with Crippen LogP contribution in [0.4, 0.5) is 0 Å². The summed E-state index contributed by atoms with van der Waals surface area (Å²) in [7, 11) is -3.72. The first-order valence-corrected chi connectivity index (χ1v) is 11.0. The standard InChI is InChI=1S/C20H26N6O3S/c1-13-10-14(2)26-19(22-13)23-17(24-26)11-18(27)21-12-15-8-6-7-9-16(15)30(28,29)25-20(3,4)5/h6-10,25H,11-12H2,1-5H3,(H,21,27). The zero-order chi connectivity index (χ0) is 22.1. The molecule has 0 aliphatic heterocycles. The molecule has 2 N–H and O–H groups in total. The van der Waals surface area contributed by atoms with Gasteiger partial charge in [-0.2, -0.15) is 4.98 Å². The van der Waals surface area contributed by atoms with Crippen LogP contribution in [-0.4, -0.2) is 39.4 Å². The quantitative estimate of drug-likeness (QED) is 0.614. The number of carbonyl (C=O) groups excluding carboxylic acids is 1. The van der Waals surface area contributed by atoms with Crippen LogP contribution >= 0.6 is 0 Å². The Balaban J connectivity index is 1.72. The lowest BCUT2D eigenvalue weighted by atomic mass is 10.1. The fourth-order valence-corrected chi connectivity index (χ4v) is 4.71. The first-order chi connectivity index (χ1) is 13.9. The lowest BCUT2D eigenvalue weighted by Crippen LogP contribution is -2.41. The largest absolute Gasteiger partial charge is 0.352 e. The van der Waals surface area contributed by atoms with E-state index in [0.717, 1.165) is 11.4 Å². The highest BCUT2D eigenvalue weighted by Crippen LogP contribution is 2.17. The molecular weight excluding hydrogens is 404 g/mol. The molecular formula is C20H26N6O3S. The molecule has 0 atom stereocenters. The SMILES string of the molecule is Cc1cc(C)n2nc(CC(=O)NCc3ccccc3S(=O)(=O)NC(C)(C)C)nc2n1. The first-order valence-electron chi connectivity index (χ1n) is 9.53. The molecule has 0 aliphatic carbocycles. The molecule has 2 heterocycles. The molecule has 10 heteroatoms. The smallest absolute Gasteiger partial charge is 0.252 e. The maximum absolute atomic E-state index is 12.7. The van der Waals surface area contributed by atoms with Gasteiger partial charge in [-0.3, -0.25) is 4.79 Å². The van der Waals surface area contributed by atoms with Crippen molar-refractivity contribution in [2.45, 2.75) is 58.0 Å². The van der Waals surface area contributed by atoms with Crippen LogP contribution in [0.3, 0.4) is 0 Å². The number of aromatic nitrogens is 4. The maximum atomic E-state index is 12.7. The van der Waals surface area contributed by atoms with Crippen molar-refractivity contribution in [3.05, 3.63) is 53.1 Å². The Morgan fingerprint density at radius 1 is 1.13 bits per heavy atom. The Morgan fingerprint density at radius 2 is 1.83 bits per heavy atom. The predicted molar refractivity (Wildman–Crippen MR) is 112 cm³/mol. The number of carbonyl (C=O) groups is 1. The van der Waals surface area contributed by atoms with E-state index in [9.17, 15) is 13.2 Å². The van der Waals surface area contributed by atoms with E-state index in [1.54, 1.807) is 43.5 Å². The normalized spacial score (nSPS) is 12.3. The van der Waals surface area contributed by atoms with Gasteiger partial charge >= 0.3 is 0 Å². The van der Waals surface area contributed by atoms with Gasteiger partial charge in [0.2, 0.25) is 15.9 Å². The van der Waals surface area contributed by atoms with Gasteiger partial charge in [-0.25, -0.2) is 22.6 Å². The van der Waals surface area contributed by atoms with Crippen molar-refractivity contribution in [3.63, 3.8) is 0 Å². The number of amides is 1. The summed E-state index contributed by atoms with van der Waals surface area (Å²) in [5, 5.41) is 7.07. The van der Waals surface area contributed by atoms with Crippen LogP contribution in [0.1, 0.15) is 43.5 Å². The zero-order valence-electron chi connectivity index (χ0n) is 17.7. The zero-order valence-corrected chi connectivity index (χ0v) is 18.5. The molecule has 0 spiro atoms. The van der Waals surface area contributed by atoms with Crippen molar-refractivity contribution in [1.82, 2.24) is 29.6 Å². The van der Waals surface area contributed by atoms with Gasteiger partial charge in [-0.15, -0.1) is 5.10 Å². The average molecular weight is 431 g/mol. The molecule has 1 amide bonds. The predicted octanol–water partition coefficient (Wildman–Crippen LogP) is 1.68. The van der Waals surface area contributed by atoms with Crippen molar-refractivity contribution in [3.8, 4) is 0 Å². The topological polar surface area (TPSA) is 118 Å². The molecule has 3 rings (SSSR count). The van der Waals surface area contributed by atoms with E-state index >= 15 is 0 Å². The third-order valence-electron chi connectivity index (χ3n) is 4.16. The summed E-state index contributed by atoms with van der Waals surface area (Å²) in [5.41, 5.74) is 1.58.